The quantitative estimate of drug-likeness (QED) is 0.608. The molecule has 0 heterocycles. The van der Waals surface area contributed by atoms with Gasteiger partial charge in [0.1, 0.15) is 0 Å². The highest BCUT2D eigenvalue weighted by Gasteiger charge is 2.21. The molecule has 2 N–H and O–H groups in total. The Hall–Kier alpha value is -1.15. The van der Waals surface area contributed by atoms with E-state index < -0.39 is 7.60 Å². The van der Waals surface area contributed by atoms with Gasteiger partial charge in [0.25, 0.3) is 0 Å². The number of allylic oxidation sites excluding steroid dienone is 2. The lowest BCUT2D eigenvalue weighted by atomic mass is 10.1. The number of benzene rings is 1. The second-order valence-corrected chi connectivity index (χ2v) is 4.73. The van der Waals surface area contributed by atoms with Crippen LogP contribution in [0.25, 0.3) is 5.57 Å². The molecule has 0 bridgehead atoms. The van der Waals surface area contributed by atoms with Gasteiger partial charge >= 0.3 is 7.60 Å². The summed E-state index contributed by atoms with van der Waals surface area (Å²) in [5.74, 6) is 0. The second-order valence-electron chi connectivity index (χ2n) is 3.16. The van der Waals surface area contributed by atoms with E-state index in [9.17, 15) is 4.57 Å². The molecule has 0 saturated heterocycles. The molecule has 0 fully saturated rings. The van der Waals surface area contributed by atoms with E-state index in [1.165, 1.54) is 6.07 Å². The van der Waals surface area contributed by atoms with E-state index in [0.29, 0.717) is 17.6 Å². The fraction of sp³-hybridized carbons (Fsp3) is 0.0909. The van der Waals surface area contributed by atoms with Crippen molar-refractivity contribution in [3.63, 3.8) is 0 Å². The van der Waals surface area contributed by atoms with Crippen molar-refractivity contribution < 1.29 is 14.4 Å². The van der Waals surface area contributed by atoms with E-state index in [1.807, 2.05) is 0 Å². The lowest BCUT2D eigenvalue weighted by Gasteiger charge is -2.11. The molecular formula is C11H13O3P. The Morgan fingerprint density at radius 3 is 2.53 bits per heavy atom. The molecule has 0 aliphatic rings. The fourth-order valence-electron chi connectivity index (χ4n) is 1.31. The van der Waals surface area contributed by atoms with E-state index in [4.69, 9.17) is 9.79 Å². The Morgan fingerprint density at radius 2 is 2.00 bits per heavy atom. The van der Waals surface area contributed by atoms with Gasteiger partial charge in [0.05, 0.1) is 5.30 Å². The molecule has 1 aromatic rings. The van der Waals surface area contributed by atoms with Gasteiger partial charge in [-0.05, 0) is 23.6 Å². The summed E-state index contributed by atoms with van der Waals surface area (Å²) in [7, 11) is -4.23. The second kappa shape index (κ2) is 4.58. The van der Waals surface area contributed by atoms with Crippen molar-refractivity contribution >= 4 is 18.5 Å². The minimum atomic E-state index is -4.23. The zero-order valence-corrected chi connectivity index (χ0v) is 9.15. The summed E-state index contributed by atoms with van der Waals surface area (Å²) in [4.78, 5) is 18.3. The topological polar surface area (TPSA) is 57.5 Å². The molecule has 80 valence electrons. The van der Waals surface area contributed by atoms with Crippen molar-refractivity contribution in [3.05, 3.63) is 49.1 Å². The van der Waals surface area contributed by atoms with Crippen molar-refractivity contribution in [2.75, 3.05) is 0 Å². The summed E-state index contributed by atoms with van der Waals surface area (Å²) < 4.78 is 11.2. The van der Waals surface area contributed by atoms with Crippen molar-refractivity contribution in [2.24, 2.45) is 0 Å². The molecule has 0 unspecified atom stereocenters. The molecular weight excluding hydrogens is 211 g/mol. The molecule has 15 heavy (non-hydrogen) atoms. The van der Waals surface area contributed by atoms with Crippen LogP contribution >= 0.6 is 7.60 Å². The predicted octanol–water partition coefficient (Wildman–Crippen LogP) is 2.08. The molecule has 0 atom stereocenters. The minimum Gasteiger partial charge on any atom is -0.321 e. The van der Waals surface area contributed by atoms with Crippen LogP contribution in [0.1, 0.15) is 12.0 Å². The number of rotatable bonds is 4. The number of hydrogen-bond acceptors (Lipinski definition) is 1. The summed E-state index contributed by atoms with van der Waals surface area (Å²) in [6.07, 6.45) is 2.16. The van der Waals surface area contributed by atoms with Crippen molar-refractivity contribution in [3.8, 4) is 0 Å². The van der Waals surface area contributed by atoms with Crippen molar-refractivity contribution in [1.29, 1.82) is 0 Å². The highest BCUT2D eigenvalue weighted by Crippen LogP contribution is 2.36. The smallest absolute Gasteiger partial charge is 0.321 e. The average molecular weight is 224 g/mol. The Balaban J connectivity index is 3.24. The van der Waals surface area contributed by atoms with Crippen LogP contribution in [-0.2, 0) is 4.57 Å². The van der Waals surface area contributed by atoms with Crippen LogP contribution in [0.2, 0.25) is 0 Å². The molecule has 0 aromatic heterocycles. The van der Waals surface area contributed by atoms with Gasteiger partial charge in [-0.2, -0.15) is 0 Å². The third-order valence-electron chi connectivity index (χ3n) is 1.99. The van der Waals surface area contributed by atoms with Crippen LogP contribution in [-0.4, -0.2) is 9.79 Å². The van der Waals surface area contributed by atoms with E-state index >= 15 is 0 Å². The maximum absolute atomic E-state index is 11.2. The van der Waals surface area contributed by atoms with Crippen molar-refractivity contribution in [1.82, 2.24) is 0 Å². The van der Waals surface area contributed by atoms with E-state index in [-0.39, 0.29) is 5.30 Å². The fourth-order valence-corrected chi connectivity index (χ4v) is 2.14. The van der Waals surface area contributed by atoms with Crippen LogP contribution in [0.15, 0.2) is 43.5 Å². The van der Waals surface area contributed by atoms with Crippen LogP contribution in [0.5, 0.6) is 0 Å². The SMILES string of the molecule is C=CCC(=C)c1ccccc1P(=O)(O)O. The highest BCUT2D eigenvalue weighted by atomic mass is 31.2. The molecule has 1 aromatic carbocycles. The zero-order chi connectivity index (χ0) is 11.5. The Morgan fingerprint density at radius 1 is 1.40 bits per heavy atom. The average Bonchev–Trinajstić information content (AvgIpc) is 2.17. The van der Waals surface area contributed by atoms with Crippen LogP contribution in [0.3, 0.4) is 0 Å². The van der Waals surface area contributed by atoms with Gasteiger partial charge in [0, 0.05) is 0 Å². The van der Waals surface area contributed by atoms with Gasteiger partial charge in [-0.1, -0.05) is 30.9 Å². The molecule has 0 aliphatic carbocycles. The first-order chi connectivity index (χ1) is 6.96. The predicted molar refractivity (Wildman–Crippen MR) is 62.0 cm³/mol. The van der Waals surface area contributed by atoms with Gasteiger partial charge in [0.2, 0.25) is 0 Å². The molecule has 0 aliphatic heterocycles. The number of hydrogen-bond donors (Lipinski definition) is 2. The molecule has 1 rings (SSSR count). The maximum atomic E-state index is 11.2. The Labute approximate surface area is 88.9 Å². The summed E-state index contributed by atoms with van der Waals surface area (Å²) in [5.41, 5.74) is 1.16. The van der Waals surface area contributed by atoms with Gasteiger partial charge in [-0.25, -0.2) is 0 Å². The molecule has 0 spiro atoms. The first-order valence-electron chi connectivity index (χ1n) is 4.41. The third kappa shape index (κ3) is 2.90. The van der Waals surface area contributed by atoms with Crippen LogP contribution in [0.4, 0.5) is 0 Å². The molecule has 4 heteroatoms. The zero-order valence-electron chi connectivity index (χ0n) is 8.26. The Bertz CT molecular complexity index is 431. The summed E-state index contributed by atoms with van der Waals surface area (Å²) in [5, 5.41) is 0.0249. The minimum absolute atomic E-state index is 0.0249. The Kier molecular flexibility index (Phi) is 3.64. The monoisotopic (exact) mass is 224 g/mol. The van der Waals surface area contributed by atoms with Crippen LogP contribution < -0.4 is 5.30 Å². The molecule has 0 radical (unpaired) electrons. The summed E-state index contributed by atoms with van der Waals surface area (Å²) in [6.45, 7) is 7.34. The van der Waals surface area contributed by atoms with Crippen molar-refractivity contribution in [2.45, 2.75) is 6.42 Å². The molecule has 0 saturated carbocycles. The summed E-state index contributed by atoms with van der Waals surface area (Å²) >= 11 is 0. The van der Waals surface area contributed by atoms with E-state index in [0.717, 1.165) is 0 Å². The van der Waals surface area contributed by atoms with Crippen LogP contribution in [0, 0.1) is 0 Å². The molecule has 0 amide bonds. The van der Waals surface area contributed by atoms with E-state index in [2.05, 4.69) is 13.2 Å². The van der Waals surface area contributed by atoms with Gasteiger partial charge in [-0.3, -0.25) is 4.57 Å². The summed E-state index contributed by atoms with van der Waals surface area (Å²) in [6, 6.07) is 6.40. The molecule has 3 nitrogen and oxygen atoms in total. The first kappa shape index (κ1) is 11.9. The van der Waals surface area contributed by atoms with Gasteiger partial charge in [-0.15, -0.1) is 6.58 Å². The first-order valence-corrected chi connectivity index (χ1v) is 6.02. The largest absolute Gasteiger partial charge is 0.356 e. The highest BCUT2D eigenvalue weighted by molar-refractivity contribution is 7.60. The lowest BCUT2D eigenvalue weighted by Crippen LogP contribution is -2.09. The van der Waals surface area contributed by atoms with Gasteiger partial charge in [0.15, 0.2) is 0 Å². The maximum Gasteiger partial charge on any atom is 0.356 e. The van der Waals surface area contributed by atoms with Gasteiger partial charge < -0.3 is 9.79 Å². The lowest BCUT2D eigenvalue weighted by molar-refractivity contribution is 0.387. The third-order valence-corrected chi connectivity index (χ3v) is 3.01. The van der Waals surface area contributed by atoms with E-state index in [1.54, 1.807) is 24.3 Å². The standard InChI is InChI=1S/C11H13O3P/c1-3-6-9(2)10-7-4-5-8-11(10)15(12,13)14/h3-5,7-8H,1-2,6H2,(H2,12,13,14). The normalized spacial score (nSPS) is 11.1.